The zero-order valence-corrected chi connectivity index (χ0v) is 16.4. The van der Waals surface area contributed by atoms with Gasteiger partial charge in [0.05, 0.1) is 18.8 Å². The second kappa shape index (κ2) is 9.74. The van der Waals surface area contributed by atoms with Gasteiger partial charge in [0.15, 0.2) is 0 Å². The minimum Gasteiger partial charge on any atom is -0.494 e. The highest BCUT2D eigenvalue weighted by atomic mass is 32.1. The Hall–Kier alpha value is -2.85. The van der Waals surface area contributed by atoms with E-state index in [4.69, 9.17) is 9.47 Å². The minimum absolute atomic E-state index is 0.226. The summed E-state index contributed by atoms with van der Waals surface area (Å²) in [5.41, 5.74) is 1.98. The average molecular weight is 386 g/mol. The van der Waals surface area contributed by atoms with Gasteiger partial charge in [0, 0.05) is 6.42 Å². The molecule has 0 saturated heterocycles. The van der Waals surface area contributed by atoms with Gasteiger partial charge in [-0.15, -0.1) is 11.3 Å². The number of nitriles is 1. The summed E-state index contributed by atoms with van der Waals surface area (Å²) < 4.78 is 10.6. The number of carbonyl (C=O) groups is 2. The Balaban J connectivity index is 1.89. The van der Waals surface area contributed by atoms with Crippen molar-refractivity contribution in [3.05, 3.63) is 45.8 Å². The number of nitrogens with zero attached hydrogens (tertiary/aromatic N) is 1. The van der Waals surface area contributed by atoms with Crippen LogP contribution in [0.4, 0.5) is 5.00 Å². The maximum absolute atomic E-state index is 12.2. The summed E-state index contributed by atoms with van der Waals surface area (Å²) in [7, 11) is 0. The number of hydrogen-bond donors (Lipinski definition) is 1. The molecule has 0 aliphatic carbocycles. The fourth-order valence-corrected chi connectivity index (χ4v) is 3.44. The molecule has 0 fully saturated rings. The summed E-state index contributed by atoms with van der Waals surface area (Å²) in [6, 6.07) is 9.75. The number of ether oxygens (including phenoxy) is 2. The Labute approximate surface area is 162 Å². The molecule has 1 N–H and O–H groups in total. The molecule has 142 valence electrons. The van der Waals surface area contributed by atoms with Gasteiger partial charge in [-0.05, 0) is 44.9 Å². The molecule has 2 aromatic rings. The van der Waals surface area contributed by atoms with Gasteiger partial charge < -0.3 is 14.8 Å². The predicted octanol–water partition coefficient (Wildman–Crippen LogP) is 4.21. The molecule has 0 radical (unpaired) electrons. The molecule has 0 aliphatic heterocycles. The standard InChI is InChI=1S/C20H22N2O4S/c1-4-25-20(24)18-14(3)16(12-21)19(27-18)22-17(23)6-5-11-26-15-9-7-13(2)8-10-15/h7-10H,4-6,11H2,1-3H3,(H,22,23). The number of amides is 1. The van der Waals surface area contributed by atoms with E-state index in [1.165, 1.54) is 0 Å². The van der Waals surface area contributed by atoms with Gasteiger partial charge in [0.1, 0.15) is 21.7 Å². The lowest BCUT2D eigenvalue weighted by Gasteiger charge is -2.07. The van der Waals surface area contributed by atoms with Crippen LogP contribution in [0.25, 0.3) is 0 Å². The molecule has 0 atom stereocenters. The molecule has 6 nitrogen and oxygen atoms in total. The molecule has 1 heterocycles. The van der Waals surface area contributed by atoms with Crippen molar-refractivity contribution >= 4 is 28.2 Å². The number of aryl methyl sites for hydroxylation is 1. The Morgan fingerprint density at radius 2 is 1.93 bits per heavy atom. The van der Waals surface area contributed by atoms with Gasteiger partial charge >= 0.3 is 5.97 Å². The second-order valence-corrected chi connectivity index (χ2v) is 6.93. The van der Waals surface area contributed by atoms with Crippen molar-refractivity contribution in [3.63, 3.8) is 0 Å². The third-order valence-corrected chi connectivity index (χ3v) is 5.00. The molecule has 27 heavy (non-hydrogen) atoms. The molecular formula is C20H22N2O4S. The van der Waals surface area contributed by atoms with Crippen LogP contribution in [0.5, 0.6) is 5.75 Å². The molecular weight excluding hydrogens is 364 g/mol. The van der Waals surface area contributed by atoms with Gasteiger partial charge in [-0.25, -0.2) is 4.79 Å². The summed E-state index contributed by atoms with van der Waals surface area (Å²) in [5.74, 6) is 0.0555. The van der Waals surface area contributed by atoms with Crippen molar-refractivity contribution in [2.45, 2.75) is 33.6 Å². The van der Waals surface area contributed by atoms with Gasteiger partial charge in [-0.3, -0.25) is 4.79 Å². The van der Waals surface area contributed by atoms with E-state index >= 15 is 0 Å². The third-order valence-electron chi connectivity index (χ3n) is 3.81. The first-order valence-electron chi connectivity index (χ1n) is 8.66. The van der Waals surface area contributed by atoms with E-state index in [-0.39, 0.29) is 18.9 Å². The maximum atomic E-state index is 12.2. The fourth-order valence-electron chi connectivity index (χ4n) is 2.37. The van der Waals surface area contributed by atoms with Gasteiger partial charge in [-0.1, -0.05) is 17.7 Å². The van der Waals surface area contributed by atoms with Crippen molar-refractivity contribution < 1.29 is 19.1 Å². The minimum atomic E-state index is -0.483. The van der Waals surface area contributed by atoms with Crippen LogP contribution in [-0.4, -0.2) is 25.1 Å². The molecule has 0 unspecified atom stereocenters. The van der Waals surface area contributed by atoms with E-state index < -0.39 is 5.97 Å². The summed E-state index contributed by atoms with van der Waals surface area (Å²) in [6.07, 6.45) is 0.791. The normalized spacial score (nSPS) is 10.1. The molecule has 0 aliphatic rings. The SMILES string of the molecule is CCOC(=O)c1sc(NC(=O)CCCOc2ccc(C)cc2)c(C#N)c1C. The number of hydrogen-bond acceptors (Lipinski definition) is 6. The lowest BCUT2D eigenvalue weighted by Crippen LogP contribution is -2.12. The Morgan fingerprint density at radius 1 is 1.22 bits per heavy atom. The van der Waals surface area contributed by atoms with E-state index in [1.807, 2.05) is 37.3 Å². The van der Waals surface area contributed by atoms with E-state index in [0.717, 1.165) is 22.6 Å². The Morgan fingerprint density at radius 3 is 2.56 bits per heavy atom. The van der Waals surface area contributed by atoms with E-state index in [1.54, 1.807) is 13.8 Å². The number of anilines is 1. The van der Waals surface area contributed by atoms with Crippen LogP contribution in [0.2, 0.25) is 0 Å². The van der Waals surface area contributed by atoms with E-state index in [2.05, 4.69) is 5.32 Å². The zero-order valence-electron chi connectivity index (χ0n) is 15.6. The first-order chi connectivity index (χ1) is 13.0. The first-order valence-corrected chi connectivity index (χ1v) is 9.47. The van der Waals surface area contributed by atoms with Crippen LogP contribution < -0.4 is 10.1 Å². The van der Waals surface area contributed by atoms with Crippen LogP contribution in [0.3, 0.4) is 0 Å². The van der Waals surface area contributed by atoms with Crippen molar-refractivity contribution in [3.8, 4) is 11.8 Å². The number of benzene rings is 1. The van der Waals surface area contributed by atoms with Crippen LogP contribution in [0, 0.1) is 25.2 Å². The predicted molar refractivity (Wildman–Crippen MR) is 104 cm³/mol. The van der Waals surface area contributed by atoms with Crippen LogP contribution in [0.1, 0.15) is 46.1 Å². The molecule has 0 spiro atoms. The molecule has 2 rings (SSSR count). The van der Waals surface area contributed by atoms with E-state index in [9.17, 15) is 14.9 Å². The average Bonchev–Trinajstić information content (AvgIpc) is 2.95. The highest BCUT2D eigenvalue weighted by Crippen LogP contribution is 2.33. The molecule has 0 bridgehead atoms. The Kier molecular flexibility index (Phi) is 7.38. The van der Waals surface area contributed by atoms with Crippen molar-refractivity contribution in [1.29, 1.82) is 5.26 Å². The van der Waals surface area contributed by atoms with Crippen molar-refractivity contribution in [2.75, 3.05) is 18.5 Å². The summed E-state index contributed by atoms with van der Waals surface area (Å²) in [5, 5.41) is 12.4. The molecule has 1 aromatic carbocycles. The Bertz CT molecular complexity index is 850. The van der Waals surface area contributed by atoms with Gasteiger partial charge in [0.25, 0.3) is 0 Å². The highest BCUT2D eigenvalue weighted by molar-refractivity contribution is 7.18. The van der Waals surface area contributed by atoms with Gasteiger partial charge in [-0.2, -0.15) is 5.26 Å². The molecule has 7 heteroatoms. The maximum Gasteiger partial charge on any atom is 0.348 e. The monoisotopic (exact) mass is 386 g/mol. The van der Waals surface area contributed by atoms with Crippen LogP contribution in [0.15, 0.2) is 24.3 Å². The summed E-state index contributed by atoms with van der Waals surface area (Å²) in [4.78, 5) is 24.5. The summed E-state index contributed by atoms with van der Waals surface area (Å²) in [6.45, 7) is 6.06. The molecule has 0 saturated carbocycles. The number of nitrogens with one attached hydrogen (secondary N) is 1. The number of thiophene rings is 1. The topological polar surface area (TPSA) is 88.4 Å². The van der Waals surface area contributed by atoms with Gasteiger partial charge in [0.2, 0.25) is 5.91 Å². The third kappa shape index (κ3) is 5.56. The molecule has 1 aromatic heterocycles. The van der Waals surface area contributed by atoms with Crippen LogP contribution >= 0.6 is 11.3 Å². The number of esters is 1. The summed E-state index contributed by atoms with van der Waals surface area (Å²) >= 11 is 1.06. The quantitative estimate of drug-likeness (QED) is 0.542. The van der Waals surface area contributed by atoms with Crippen LogP contribution in [-0.2, 0) is 9.53 Å². The first kappa shape index (κ1) is 20.5. The zero-order chi connectivity index (χ0) is 19.8. The number of carbonyl (C=O) groups excluding carboxylic acids is 2. The van der Waals surface area contributed by atoms with Crippen molar-refractivity contribution in [2.24, 2.45) is 0 Å². The lowest BCUT2D eigenvalue weighted by atomic mass is 10.1. The fraction of sp³-hybridized carbons (Fsp3) is 0.350. The number of rotatable bonds is 8. The lowest BCUT2D eigenvalue weighted by molar-refractivity contribution is -0.116. The second-order valence-electron chi connectivity index (χ2n) is 5.91. The highest BCUT2D eigenvalue weighted by Gasteiger charge is 2.22. The van der Waals surface area contributed by atoms with Crippen molar-refractivity contribution in [1.82, 2.24) is 0 Å². The molecule has 1 amide bonds. The largest absolute Gasteiger partial charge is 0.494 e. The smallest absolute Gasteiger partial charge is 0.348 e. The van der Waals surface area contributed by atoms with E-state index in [0.29, 0.717) is 34.0 Å².